The number of anilines is 1. The first-order valence-corrected chi connectivity index (χ1v) is 7.54. The van der Waals surface area contributed by atoms with Gasteiger partial charge in [-0.25, -0.2) is 4.39 Å². The molecule has 1 N–H and O–H groups in total. The molecule has 1 atom stereocenters. The van der Waals surface area contributed by atoms with Crippen molar-refractivity contribution in [3.8, 4) is 0 Å². The van der Waals surface area contributed by atoms with Crippen LogP contribution in [0.4, 0.5) is 10.1 Å². The van der Waals surface area contributed by atoms with Crippen molar-refractivity contribution in [3.05, 3.63) is 65.5 Å². The summed E-state index contributed by atoms with van der Waals surface area (Å²) in [4.78, 5) is 0. The topological polar surface area (TPSA) is 12.0 Å². The zero-order valence-electron chi connectivity index (χ0n) is 13.3. The maximum atomic E-state index is 14.0. The van der Waals surface area contributed by atoms with Gasteiger partial charge in [0.2, 0.25) is 0 Å². The van der Waals surface area contributed by atoms with Crippen LogP contribution in [-0.2, 0) is 5.41 Å². The van der Waals surface area contributed by atoms with Crippen LogP contribution in [0.2, 0.25) is 0 Å². The Labute approximate surface area is 127 Å². The van der Waals surface area contributed by atoms with E-state index < -0.39 is 0 Å². The number of para-hydroxylation sites is 1. The zero-order chi connectivity index (χ0) is 15.5. The van der Waals surface area contributed by atoms with Gasteiger partial charge >= 0.3 is 0 Å². The predicted octanol–water partition coefficient (Wildman–Crippen LogP) is 5.69. The molecule has 2 aromatic carbocycles. The lowest BCUT2D eigenvalue weighted by molar-refractivity contribution is 0.579. The van der Waals surface area contributed by atoms with Crippen molar-refractivity contribution in [3.63, 3.8) is 0 Å². The highest BCUT2D eigenvalue weighted by atomic mass is 19.1. The number of hydrogen-bond acceptors (Lipinski definition) is 1. The minimum Gasteiger partial charge on any atom is -0.378 e. The van der Waals surface area contributed by atoms with E-state index in [2.05, 4.69) is 51.2 Å². The van der Waals surface area contributed by atoms with Gasteiger partial charge in [-0.05, 0) is 29.5 Å². The Morgan fingerprint density at radius 1 is 1.00 bits per heavy atom. The molecular weight excluding hydrogens is 261 g/mol. The molecule has 2 rings (SSSR count). The largest absolute Gasteiger partial charge is 0.378 e. The van der Waals surface area contributed by atoms with Gasteiger partial charge in [0.1, 0.15) is 5.82 Å². The maximum absolute atomic E-state index is 14.0. The van der Waals surface area contributed by atoms with E-state index in [1.807, 2.05) is 18.2 Å². The monoisotopic (exact) mass is 285 g/mol. The van der Waals surface area contributed by atoms with Crippen LogP contribution in [0.3, 0.4) is 0 Å². The molecule has 0 aromatic heterocycles. The van der Waals surface area contributed by atoms with Gasteiger partial charge in [-0.2, -0.15) is 0 Å². The highest BCUT2D eigenvalue weighted by molar-refractivity contribution is 5.55. The second-order valence-corrected chi connectivity index (χ2v) is 6.42. The van der Waals surface area contributed by atoms with Gasteiger partial charge in [0.25, 0.3) is 0 Å². The Morgan fingerprint density at radius 2 is 1.62 bits per heavy atom. The molecule has 2 aromatic rings. The summed E-state index contributed by atoms with van der Waals surface area (Å²) in [5.41, 5.74) is 3.11. The fraction of sp³-hybridized carbons (Fsp3) is 0.368. The molecule has 0 heterocycles. The van der Waals surface area contributed by atoms with Crippen molar-refractivity contribution < 1.29 is 4.39 Å². The Bertz CT molecular complexity index is 599. The van der Waals surface area contributed by atoms with Crippen molar-refractivity contribution in [2.24, 2.45) is 0 Å². The summed E-state index contributed by atoms with van der Waals surface area (Å²) < 4.78 is 14.0. The fourth-order valence-electron chi connectivity index (χ4n) is 2.61. The average molecular weight is 285 g/mol. The van der Waals surface area contributed by atoms with Crippen LogP contribution in [0.25, 0.3) is 0 Å². The SMILES string of the molecule is CCC(Nc1ccccc1C(C)(C)C)c1ccccc1F. The molecule has 0 aliphatic heterocycles. The Hall–Kier alpha value is -1.83. The summed E-state index contributed by atoms with van der Waals surface area (Å²) >= 11 is 0. The number of halogens is 1. The van der Waals surface area contributed by atoms with Crippen LogP contribution < -0.4 is 5.32 Å². The highest BCUT2D eigenvalue weighted by Crippen LogP contribution is 2.32. The minimum absolute atomic E-state index is 0.0188. The van der Waals surface area contributed by atoms with Crippen LogP contribution >= 0.6 is 0 Å². The van der Waals surface area contributed by atoms with Gasteiger partial charge in [0.05, 0.1) is 6.04 Å². The van der Waals surface area contributed by atoms with E-state index in [4.69, 9.17) is 0 Å². The van der Waals surface area contributed by atoms with E-state index in [1.165, 1.54) is 11.6 Å². The fourth-order valence-corrected chi connectivity index (χ4v) is 2.61. The van der Waals surface area contributed by atoms with Crippen LogP contribution in [-0.4, -0.2) is 0 Å². The number of nitrogens with one attached hydrogen (secondary N) is 1. The summed E-state index contributed by atoms with van der Waals surface area (Å²) in [6.07, 6.45) is 0.833. The lowest BCUT2D eigenvalue weighted by Gasteiger charge is -2.27. The van der Waals surface area contributed by atoms with Gasteiger partial charge < -0.3 is 5.32 Å². The highest BCUT2D eigenvalue weighted by Gasteiger charge is 2.20. The molecule has 112 valence electrons. The van der Waals surface area contributed by atoms with Crippen molar-refractivity contribution in [2.45, 2.75) is 45.6 Å². The second-order valence-electron chi connectivity index (χ2n) is 6.42. The third-order valence-electron chi connectivity index (χ3n) is 3.75. The first-order valence-electron chi connectivity index (χ1n) is 7.54. The summed E-state index contributed by atoms with van der Waals surface area (Å²) in [5.74, 6) is -0.148. The van der Waals surface area contributed by atoms with Crippen LogP contribution in [0, 0.1) is 5.82 Å². The molecule has 0 aliphatic rings. The second kappa shape index (κ2) is 6.30. The zero-order valence-corrected chi connectivity index (χ0v) is 13.3. The first-order chi connectivity index (χ1) is 9.93. The lowest BCUT2D eigenvalue weighted by Crippen LogP contribution is -2.18. The van der Waals surface area contributed by atoms with E-state index >= 15 is 0 Å². The molecule has 21 heavy (non-hydrogen) atoms. The molecule has 0 radical (unpaired) electrons. The number of hydrogen-bond donors (Lipinski definition) is 1. The molecule has 0 spiro atoms. The van der Waals surface area contributed by atoms with Crippen LogP contribution in [0.5, 0.6) is 0 Å². The quantitative estimate of drug-likeness (QED) is 0.761. The third kappa shape index (κ3) is 3.63. The van der Waals surface area contributed by atoms with Crippen molar-refractivity contribution in [1.29, 1.82) is 0 Å². The van der Waals surface area contributed by atoms with Gasteiger partial charge in [-0.1, -0.05) is 64.1 Å². The number of rotatable bonds is 4. The van der Waals surface area contributed by atoms with Gasteiger partial charge in [0, 0.05) is 11.3 Å². The third-order valence-corrected chi connectivity index (χ3v) is 3.75. The molecule has 0 aliphatic carbocycles. The Kier molecular flexibility index (Phi) is 4.66. The van der Waals surface area contributed by atoms with E-state index in [0.717, 1.165) is 17.7 Å². The number of benzene rings is 2. The van der Waals surface area contributed by atoms with Crippen LogP contribution in [0.1, 0.15) is 51.3 Å². The summed E-state index contributed by atoms with van der Waals surface area (Å²) in [6, 6.07) is 15.3. The van der Waals surface area contributed by atoms with Gasteiger partial charge in [0.15, 0.2) is 0 Å². The molecule has 2 heteroatoms. The molecule has 0 fully saturated rings. The molecule has 0 amide bonds. The molecule has 1 unspecified atom stereocenters. The summed E-state index contributed by atoms with van der Waals surface area (Å²) in [7, 11) is 0. The van der Waals surface area contributed by atoms with Gasteiger partial charge in [-0.3, -0.25) is 0 Å². The lowest BCUT2D eigenvalue weighted by atomic mass is 9.85. The summed E-state index contributed by atoms with van der Waals surface area (Å²) in [6.45, 7) is 8.65. The van der Waals surface area contributed by atoms with Crippen molar-refractivity contribution >= 4 is 5.69 Å². The minimum atomic E-state index is -0.148. The Balaban J connectivity index is 2.34. The Morgan fingerprint density at radius 3 is 2.24 bits per heavy atom. The molecule has 0 saturated carbocycles. The molecule has 1 nitrogen and oxygen atoms in total. The standard InChI is InChI=1S/C19H24FN/c1-5-17(14-10-6-8-12-16(14)20)21-18-13-9-7-11-15(18)19(2,3)4/h6-13,17,21H,5H2,1-4H3. The maximum Gasteiger partial charge on any atom is 0.128 e. The van der Waals surface area contributed by atoms with Crippen molar-refractivity contribution in [1.82, 2.24) is 0 Å². The van der Waals surface area contributed by atoms with E-state index in [0.29, 0.717) is 0 Å². The van der Waals surface area contributed by atoms with Gasteiger partial charge in [-0.15, -0.1) is 0 Å². The first kappa shape index (κ1) is 15.6. The predicted molar refractivity (Wildman–Crippen MR) is 88.2 cm³/mol. The average Bonchev–Trinajstić information content (AvgIpc) is 2.45. The molecule has 0 bridgehead atoms. The van der Waals surface area contributed by atoms with E-state index in [9.17, 15) is 4.39 Å². The van der Waals surface area contributed by atoms with E-state index in [-0.39, 0.29) is 17.3 Å². The summed E-state index contributed by atoms with van der Waals surface area (Å²) in [5, 5.41) is 3.52. The smallest absolute Gasteiger partial charge is 0.128 e. The molecule has 0 saturated heterocycles. The molecular formula is C19H24FN. The van der Waals surface area contributed by atoms with E-state index in [1.54, 1.807) is 6.07 Å². The van der Waals surface area contributed by atoms with Crippen LogP contribution in [0.15, 0.2) is 48.5 Å². The normalized spacial score (nSPS) is 13.0. The van der Waals surface area contributed by atoms with Crippen molar-refractivity contribution in [2.75, 3.05) is 5.32 Å².